The number of amides is 1. The van der Waals surface area contributed by atoms with Crippen molar-refractivity contribution in [3.63, 3.8) is 0 Å². The van der Waals surface area contributed by atoms with Gasteiger partial charge in [-0.15, -0.1) is 0 Å². The van der Waals surface area contributed by atoms with Gasteiger partial charge in [0.05, 0.1) is 16.4 Å². The molecule has 1 aliphatic heterocycles. The summed E-state index contributed by atoms with van der Waals surface area (Å²) < 4.78 is 0.813. The molecule has 0 aliphatic carbocycles. The second kappa shape index (κ2) is 5.77. The molecule has 1 aliphatic rings. The van der Waals surface area contributed by atoms with Crippen LogP contribution in [-0.2, 0) is 4.79 Å². The summed E-state index contributed by atoms with van der Waals surface area (Å²) in [6, 6.07) is -0.287. The lowest BCUT2D eigenvalue weighted by atomic mass is 10.2. The van der Waals surface area contributed by atoms with Crippen LogP contribution in [0.2, 0.25) is 0 Å². The average Bonchev–Trinajstić information content (AvgIpc) is 2.92. The van der Waals surface area contributed by atoms with Gasteiger partial charge in [0.2, 0.25) is 5.91 Å². The Morgan fingerprint density at radius 3 is 2.79 bits per heavy atom. The molecule has 0 radical (unpaired) electrons. The van der Waals surface area contributed by atoms with E-state index in [1.54, 1.807) is 6.20 Å². The number of nitrogens with one attached hydrogen (secondary N) is 1. The number of carbonyl (C=O) groups excluding carboxylic acids is 1. The van der Waals surface area contributed by atoms with E-state index in [0.717, 1.165) is 36.0 Å². The van der Waals surface area contributed by atoms with Crippen LogP contribution in [0.3, 0.4) is 0 Å². The number of rotatable bonds is 3. The number of hydrogen-bond donors (Lipinski definition) is 2. The molecule has 5 nitrogen and oxygen atoms in total. The van der Waals surface area contributed by atoms with Crippen LogP contribution >= 0.6 is 15.9 Å². The fourth-order valence-electron chi connectivity index (χ4n) is 2.17. The molecule has 19 heavy (non-hydrogen) atoms. The molecule has 1 atom stereocenters. The van der Waals surface area contributed by atoms with E-state index in [2.05, 4.69) is 26.2 Å². The van der Waals surface area contributed by atoms with Crippen LogP contribution in [-0.4, -0.2) is 34.9 Å². The number of likely N-dealkylation sites (tertiary alicyclic amines) is 1. The molecular formula is C13H19BrN4O. The number of nitrogen functional groups attached to an aromatic ring is 1. The minimum Gasteiger partial charge on any atom is -0.397 e. The zero-order valence-electron chi connectivity index (χ0n) is 11.2. The monoisotopic (exact) mass is 326 g/mol. The first-order chi connectivity index (χ1) is 9.00. The van der Waals surface area contributed by atoms with Gasteiger partial charge in [0.25, 0.3) is 0 Å². The molecule has 1 amide bonds. The maximum Gasteiger partial charge on any atom is 0.244 e. The molecular weight excluding hydrogens is 308 g/mol. The second-order valence-corrected chi connectivity index (χ2v) is 5.69. The molecule has 104 valence electrons. The average molecular weight is 327 g/mol. The molecule has 3 N–H and O–H groups in total. The fraction of sp³-hybridized carbons (Fsp3) is 0.538. The number of nitrogens with zero attached hydrogens (tertiary/aromatic N) is 2. The molecule has 0 bridgehead atoms. The third-order valence-electron chi connectivity index (χ3n) is 3.44. The molecule has 2 heterocycles. The molecule has 0 aromatic carbocycles. The van der Waals surface area contributed by atoms with Gasteiger partial charge in [0, 0.05) is 13.1 Å². The van der Waals surface area contributed by atoms with E-state index in [4.69, 9.17) is 5.73 Å². The predicted octanol–water partition coefficient (Wildman–Crippen LogP) is 2.16. The highest BCUT2D eigenvalue weighted by Gasteiger charge is 2.24. The first-order valence-electron chi connectivity index (χ1n) is 6.46. The van der Waals surface area contributed by atoms with Gasteiger partial charge in [-0.3, -0.25) is 4.79 Å². The highest BCUT2D eigenvalue weighted by Crippen LogP contribution is 2.28. The van der Waals surface area contributed by atoms with Crippen LogP contribution < -0.4 is 11.1 Å². The summed E-state index contributed by atoms with van der Waals surface area (Å²) in [7, 11) is 0. The molecule has 0 spiro atoms. The standard InChI is InChI=1S/C13H19BrN4O/c1-8-10(15)7-16-12(11(8)14)17-9(2)13(19)18-5-3-4-6-18/h7,9H,3-6,15H2,1-2H3,(H,16,17). The molecule has 1 fully saturated rings. The second-order valence-electron chi connectivity index (χ2n) is 4.90. The zero-order chi connectivity index (χ0) is 14.0. The van der Waals surface area contributed by atoms with Crippen molar-refractivity contribution < 1.29 is 4.79 Å². The fourth-order valence-corrected chi connectivity index (χ4v) is 2.62. The van der Waals surface area contributed by atoms with E-state index in [0.29, 0.717) is 11.5 Å². The number of nitrogens with two attached hydrogens (primary N) is 1. The van der Waals surface area contributed by atoms with Crippen LogP contribution in [0.1, 0.15) is 25.3 Å². The largest absolute Gasteiger partial charge is 0.397 e. The smallest absolute Gasteiger partial charge is 0.244 e. The zero-order valence-corrected chi connectivity index (χ0v) is 12.8. The normalized spacial score (nSPS) is 16.5. The van der Waals surface area contributed by atoms with Crippen molar-refractivity contribution in [2.75, 3.05) is 24.1 Å². The molecule has 1 aromatic rings. The lowest BCUT2D eigenvalue weighted by Gasteiger charge is -2.22. The van der Waals surface area contributed by atoms with Crippen molar-refractivity contribution in [2.24, 2.45) is 0 Å². The molecule has 1 saturated heterocycles. The molecule has 0 saturated carbocycles. The number of carbonyl (C=O) groups is 1. The van der Waals surface area contributed by atoms with Crippen molar-refractivity contribution in [2.45, 2.75) is 32.7 Å². The predicted molar refractivity (Wildman–Crippen MR) is 80.0 cm³/mol. The summed E-state index contributed by atoms with van der Waals surface area (Å²) in [4.78, 5) is 18.3. The van der Waals surface area contributed by atoms with E-state index < -0.39 is 0 Å². The maximum absolute atomic E-state index is 12.2. The summed E-state index contributed by atoms with van der Waals surface area (Å²) >= 11 is 3.46. The Labute approximate surface area is 121 Å². The van der Waals surface area contributed by atoms with Crippen LogP contribution in [0.5, 0.6) is 0 Å². The Hall–Kier alpha value is -1.30. The molecule has 1 unspecified atom stereocenters. The van der Waals surface area contributed by atoms with Gasteiger partial charge < -0.3 is 16.0 Å². The van der Waals surface area contributed by atoms with Crippen molar-refractivity contribution >= 4 is 33.3 Å². The van der Waals surface area contributed by atoms with E-state index >= 15 is 0 Å². The lowest BCUT2D eigenvalue weighted by molar-refractivity contribution is -0.130. The summed E-state index contributed by atoms with van der Waals surface area (Å²) in [6.45, 7) is 5.50. The van der Waals surface area contributed by atoms with Crippen molar-refractivity contribution in [3.05, 3.63) is 16.2 Å². The maximum atomic E-state index is 12.2. The van der Waals surface area contributed by atoms with Crippen LogP contribution in [0.4, 0.5) is 11.5 Å². The highest BCUT2D eigenvalue weighted by atomic mass is 79.9. The minimum atomic E-state index is -0.287. The summed E-state index contributed by atoms with van der Waals surface area (Å²) in [5.74, 6) is 0.785. The van der Waals surface area contributed by atoms with Gasteiger partial charge in [-0.25, -0.2) is 4.98 Å². The van der Waals surface area contributed by atoms with Gasteiger partial charge in [-0.05, 0) is 48.2 Å². The van der Waals surface area contributed by atoms with E-state index in [-0.39, 0.29) is 11.9 Å². The van der Waals surface area contributed by atoms with Gasteiger partial charge >= 0.3 is 0 Å². The van der Waals surface area contributed by atoms with Crippen molar-refractivity contribution in [3.8, 4) is 0 Å². The Balaban J connectivity index is 2.08. The van der Waals surface area contributed by atoms with Gasteiger partial charge in [0.1, 0.15) is 11.9 Å². The lowest BCUT2D eigenvalue weighted by Crippen LogP contribution is -2.39. The number of halogens is 1. The third-order valence-corrected chi connectivity index (χ3v) is 4.41. The number of hydrogen-bond acceptors (Lipinski definition) is 4. The quantitative estimate of drug-likeness (QED) is 0.892. The molecule has 2 rings (SSSR count). The minimum absolute atomic E-state index is 0.126. The van der Waals surface area contributed by atoms with Gasteiger partial charge in [0.15, 0.2) is 0 Å². The first kappa shape index (κ1) is 14.1. The number of pyridine rings is 1. The van der Waals surface area contributed by atoms with E-state index in [9.17, 15) is 4.79 Å². The number of aromatic nitrogens is 1. The van der Waals surface area contributed by atoms with Crippen molar-refractivity contribution in [1.82, 2.24) is 9.88 Å². The Morgan fingerprint density at radius 2 is 2.16 bits per heavy atom. The van der Waals surface area contributed by atoms with Crippen LogP contribution in [0.15, 0.2) is 10.7 Å². The van der Waals surface area contributed by atoms with E-state index in [1.807, 2.05) is 18.7 Å². The highest BCUT2D eigenvalue weighted by molar-refractivity contribution is 9.10. The summed E-state index contributed by atoms with van der Waals surface area (Å²) in [6.07, 6.45) is 3.80. The summed E-state index contributed by atoms with van der Waals surface area (Å²) in [5.41, 5.74) is 7.35. The Kier molecular flexibility index (Phi) is 4.29. The van der Waals surface area contributed by atoms with Gasteiger partial charge in [-0.1, -0.05) is 0 Å². The third kappa shape index (κ3) is 3.00. The van der Waals surface area contributed by atoms with Crippen LogP contribution in [0.25, 0.3) is 0 Å². The van der Waals surface area contributed by atoms with Gasteiger partial charge in [-0.2, -0.15) is 0 Å². The molecule has 6 heteroatoms. The Bertz CT molecular complexity index is 486. The van der Waals surface area contributed by atoms with Crippen LogP contribution in [0, 0.1) is 6.92 Å². The van der Waals surface area contributed by atoms with Crippen molar-refractivity contribution in [1.29, 1.82) is 0 Å². The molecule has 1 aromatic heterocycles. The Morgan fingerprint density at radius 1 is 1.53 bits per heavy atom. The topological polar surface area (TPSA) is 71.2 Å². The number of anilines is 2. The first-order valence-corrected chi connectivity index (χ1v) is 7.26. The van der Waals surface area contributed by atoms with E-state index in [1.165, 1.54) is 0 Å². The SMILES string of the molecule is Cc1c(N)cnc(NC(C)C(=O)N2CCCC2)c1Br. The summed E-state index contributed by atoms with van der Waals surface area (Å²) in [5, 5.41) is 3.15.